The lowest BCUT2D eigenvalue weighted by Gasteiger charge is -2.55. The molecule has 5 rings (SSSR count). The third kappa shape index (κ3) is 2.37. The number of nitrogens with one attached hydrogen (secondary N) is 1. The van der Waals surface area contributed by atoms with Gasteiger partial charge in [0, 0.05) is 11.9 Å². The van der Waals surface area contributed by atoms with Gasteiger partial charge in [-0.05, 0) is 50.4 Å². The van der Waals surface area contributed by atoms with Crippen molar-refractivity contribution in [2.45, 2.75) is 51.9 Å². The maximum Gasteiger partial charge on any atom is 0.242 e. The van der Waals surface area contributed by atoms with Crippen LogP contribution in [0.1, 0.15) is 31.5 Å². The molecule has 7 nitrogen and oxygen atoms in total. The Labute approximate surface area is 170 Å². The van der Waals surface area contributed by atoms with E-state index in [1.807, 2.05) is 24.8 Å². The van der Waals surface area contributed by atoms with E-state index in [4.69, 9.17) is 4.74 Å². The van der Waals surface area contributed by atoms with Crippen LogP contribution >= 0.6 is 11.5 Å². The summed E-state index contributed by atoms with van der Waals surface area (Å²) in [6.07, 6.45) is -1.03. The molecule has 29 heavy (non-hydrogen) atoms. The highest BCUT2D eigenvalue weighted by atomic mass is 32.1. The first-order valence-corrected chi connectivity index (χ1v) is 10.4. The fraction of sp³-hybridized carbons (Fsp3) is 0.500. The van der Waals surface area contributed by atoms with Crippen molar-refractivity contribution in [3.8, 4) is 0 Å². The predicted molar refractivity (Wildman–Crippen MR) is 104 cm³/mol. The van der Waals surface area contributed by atoms with Crippen LogP contribution in [0.2, 0.25) is 0 Å². The average molecular weight is 417 g/mol. The molecule has 2 saturated heterocycles. The Morgan fingerprint density at radius 1 is 1.34 bits per heavy atom. The molecule has 4 atom stereocenters. The number of fused-ring (bicyclic) bond motifs is 5. The minimum absolute atomic E-state index is 0.0334. The molecule has 2 fully saturated rings. The molecule has 3 aliphatic heterocycles. The van der Waals surface area contributed by atoms with Crippen molar-refractivity contribution < 1.29 is 23.5 Å². The first-order valence-electron chi connectivity index (χ1n) is 9.61. The molecule has 1 aromatic heterocycles. The van der Waals surface area contributed by atoms with Gasteiger partial charge in [-0.2, -0.15) is 4.37 Å². The van der Waals surface area contributed by atoms with Crippen LogP contribution in [0.4, 0.5) is 10.1 Å². The van der Waals surface area contributed by atoms with Gasteiger partial charge in [-0.3, -0.25) is 19.7 Å². The number of Topliss-reactive ketones (excluding diaryl/α,β-unsaturated/α-hetero) is 1. The molecule has 1 aromatic carbocycles. The Hall–Kier alpha value is -2.39. The number of hydrogen-bond acceptors (Lipinski definition) is 7. The van der Waals surface area contributed by atoms with Gasteiger partial charge in [0.25, 0.3) is 0 Å². The van der Waals surface area contributed by atoms with Crippen molar-refractivity contribution in [2.24, 2.45) is 5.41 Å². The monoisotopic (exact) mass is 417 g/mol. The Balaban J connectivity index is 1.79. The van der Waals surface area contributed by atoms with Crippen LogP contribution in [0.25, 0.3) is 10.1 Å². The molecule has 0 radical (unpaired) electrons. The Kier molecular flexibility index (Phi) is 3.89. The van der Waals surface area contributed by atoms with Crippen molar-refractivity contribution in [1.29, 1.82) is 0 Å². The average Bonchev–Trinajstić information content (AvgIpc) is 3.00. The fourth-order valence-electron chi connectivity index (χ4n) is 5.26. The highest BCUT2D eigenvalue weighted by Crippen LogP contribution is 2.50. The zero-order valence-corrected chi connectivity index (χ0v) is 17.1. The molecule has 1 spiro atoms. The number of anilines is 1. The van der Waals surface area contributed by atoms with E-state index in [9.17, 15) is 14.4 Å². The van der Waals surface area contributed by atoms with Crippen LogP contribution in [0.5, 0.6) is 0 Å². The van der Waals surface area contributed by atoms with Crippen molar-refractivity contribution in [3.05, 3.63) is 23.1 Å². The van der Waals surface area contributed by atoms with Crippen molar-refractivity contribution in [2.75, 3.05) is 11.4 Å². The van der Waals surface area contributed by atoms with Crippen molar-refractivity contribution in [1.82, 2.24) is 9.69 Å². The number of hydrogen-bond donors (Lipinski definition) is 1. The van der Waals surface area contributed by atoms with Crippen LogP contribution < -0.4 is 10.2 Å². The minimum Gasteiger partial charge on any atom is -0.372 e. The summed E-state index contributed by atoms with van der Waals surface area (Å²) < 4.78 is 26.4. The molecule has 0 aliphatic carbocycles. The number of benzene rings is 1. The summed E-state index contributed by atoms with van der Waals surface area (Å²) in [6.45, 7) is 5.83. The number of rotatable bonds is 0. The summed E-state index contributed by atoms with van der Waals surface area (Å²) in [7, 11) is 0. The Morgan fingerprint density at radius 3 is 2.83 bits per heavy atom. The quantitative estimate of drug-likeness (QED) is 0.520. The van der Waals surface area contributed by atoms with Crippen LogP contribution in [-0.4, -0.2) is 46.8 Å². The maximum atomic E-state index is 15.6. The number of halogens is 1. The third-order valence-electron chi connectivity index (χ3n) is 6.36. The highest BCUT2D eigenvalue weighted by molar-refractivity contribution is 7.13. The Morgan fingerprint density at radius 2 is 2.10 bits per heavy atom. The summed E-state index contributed by atoms with van der Waals surface area (Å²) in [5.74, 6) is -2.02. The topological polar surface area (TPSA) is 88.6 Å². The van der Waals surface area contributed by atoms with Gasteiger partial charge >= 0.3 is 0 Å². The van der Waals surface area contributed by atoms with Gasteiger partial charge in [0.2, 0.25) is 11.8 Å². The molecular formula is C20H20FN3O4S. The van der Waals surface area contributed by atoms with E-state index in [1.165, 1.54) is 0 Å². The molecule has 3 aliphatic rings. The molecule has 2 aromatic rings. The molecule has 2 amide bonds. The first kappa shape index (κ1) is 18.6. The number of nitrogens with zero attached hydrogens (tertiary/aromatic N) is 2. The van der Waals surface area contributed by atoms with E-state index >= 15 is 4.39 Å². The number of ether oxygens (including phenoxy) is 1. The van der Waals surface area contributed by atoms with Gasteiger partial charge in [-0.15, -0.1) is 0 Å². The molecule has 152 valence electrons. The normalized spacial score (nSPS) is 31.8. The van der Waals surface area contributed by atoms with E-state index in [0.29, 0.717) is 33.6 Å². The van der Waals surface area contributed by atoms with Crippen molar-refractivity contribution >= 4 is 44.9 Å². The summed E-state index contributed by atoms with van der Waals surface area (Å²) in [5.41, 5.74) is 0.226. The third-order valence-corrected chi connectivity index (χ3v) is 7.30. The Bertz CT molecular complexity index is 1080. The van der Waals surface area contributed by atoms with E-state index in [-0.39, 0.29) is 24.8 Å². The van der Waals surface area contributed by atoms with E-state index < -0.39 is 35.2 Å². The van der Waals surface area contributed by atoms with Gasteiger partial charge in [-0.1, -0.05) is 0 Å². The number of piperidine rings is 1. The van der Waals surface area contributed by atoms with Crippen LogP contribution in [0, 0.1) is 18.2 Å². The summed E-state index contributed by atoms with van der Waals surface area (Å²) >= 11 is 1.11. The number of aromatic nitrogens is 1. The second-order valence-corrected chi connectivity index (χ2v) is 8.99. The molecule has 9 heteroatoms. The van der Waals surface area contributed by atoms with E-state index in [2.05, 4.69) is 9.69 Å². The molecule has 0 bridgehead atoms. The summed E-state index contributed by atoms with van der Waals surface area (Å²) in [4.78, 5) is 39.9. The second-order valence-electron chi connectivity index (χ2n) is 8.22. The number of carbonyl (C=O) groups is 3. The van der Waals surface area contributed by atoms with Crippen LogP contribution in [0.15, 0.2) is 6.07 Å². The lowest BCUT2D eigenvalue weighted by atomic mass is 9.63. The molecule has 1 N–H and O–H groups in total. The first-order chi connectivity index (χ1) is 13.7. The number of aryl methyl sites for hydroxylation is 1. The molecule has 1 unspecified atom stereocenters. The maximum absolute atomic E-state index is 15.6. The van der Waals surface area contributed by atoms with E-state index in [0.717, 1.165) is 11.5 Å². The number of carbonyl (C=O) groups excluding carboxylic acids is 3. The summed E-state index contributed by atoms with van der Waals surface area (Å²) in [5, 5.41) is 3.03. The largest absolute Gasteiger partial charge is 0.372 e. The lowest BCUT2D eigenvalue weighted by molar-refractivity contribution is -0.158. The number of imide groups is 1. The van der Waals surface area contributed by atoms with E-state index in [1.54, 1.807) is 6.92 Å². The summed E-state index contributed by atoms with van der Waals surface area (Å²) in [6, 6.07) is 1.15. The lowest BCUT2D eigenvalue weighted by Crippen LogP contribution is -2.72. The van der Waals surface area contributed by atoms with Gasteiger partial charge in [0.15, 0.2) is 11.6 Å². The zero-order chi connectivity index (χ0) is 20.7. The van der Waals surface area contributed by atoms with Gasteiger partial charge in [0.05, 0.1) is 40.8 Å². The van der Waals surface area contributed by atoms with Crippen molar-refractivity contribution in [3.63, 3.8) is 0 Å². The van der Waals surface area contributed by atoms with Gasteiger partial charge in [0.1, 0.15) is 5.41 Å². The smallest absolute Gasteiger partial charge is 0.242 e. The molecule has 0 saturated carbocycles. The molecule has 4 heterocycles. The van der Waals surface area contributed by atoms with Crippen LogP contribution in [0.3, 0.4) is 0 Å². The number of amides is 2. The SMILES string of the molecule is Cc1nsc2c(F)c3c(cc12)CC1(C(=O)CC(=O)NC1=O)[C@H]1[C@H](C)O[C@H](C)CN31. The molecular weight excluding hydrogens is 397 g/mol. The van der Waals surface area contributed by atoms with Gasteiger partial charge in [-0.25, -0.2) is 4.39 Å². The minimum atomic E-state index is -1.49. The van der Waals surface area contributed by atoms with Crippen LogP contribution in [-0.2, 0) is 25.5 Å². The highest BCUT2D eigenvalue weighted by Gasteiger charge is 2.62. The second kappa shape index (κ2) is 6.06. The zero-order valence-electron chi connectivity index (χ0n) is 16.2. The predicted octanol–water partition coefficient (Wildman–Crippen LogP) is 1.88. The number of morpholine rings is 1. The standard InChI is InChI=1S/C20H20FN3O4S/c1-8-7-24-16-11(4-12-9(2)23-29-17(12)15(16)21)6-20(18(24)10(3)28-8)13(25)5-14(26)22-19(20)27/h4,8,10,18H,5-7H2,1-3H3,(H,22,26,27)/t8-,10+,18-,20?/m1/s1. The van der Waals surface area contributed by atoms with Gasteiger partial charge < -0.3 is 9.64 Å². The fourth-order valence-corrected chi connectivity index (χ4v) is 6.07. The number of ketones is 1.